The normalized spacial score (nSPS) is 32.5. The quantitative estimate of drug-likeness (QED) is 0.546. The minimum atomic E-state index is -3.65. The second-order valence-corrected chi connectivity index (χ2v) is 13.8. The number of carbonyl (C=O) groups excluding carboxylic acids is 1. The van der Waals surface area contributed by atoms with E-state index in [0.717, 1.165) is 23.4 Å². The largest absolute Gasteiger partial charge is 0.326 e. The summed E-state index contributed by atoms with van der Waals surface area (Å²) in [6.07, 6.45) is 9.61. The molecule has 1 atom stereocenters. The Morgan fingerprint density at radius 3 is 2.11 bits per heavy atom. The molecule has 1 N–H and O–H groups in total. The molecule has 2 aromatic rings. The van der Waals surface area contributed by atoms with Gasteiger partial charge in [0.1, 0.15) is 0 Å². The van der Waals surface area contributed by atoms with Crippen molar-refractivity contribution in [1.82, 2.24) is 4.31 Å². The van der Waals surface area contributed by atoms with Crippen molar-refractivity contribution >= 4 is 33.2 Å². The third-order valence-electron chi connectivity index (χ3n) is 9.01. The van der Waals surface area contributed by atoms with Gasteiger partial charge in [0, 0.05) is 23.8 Å². The van der Waals surface area contributed by atoms with Crippen LogP contribution in [0, 0.1) is 23.7 Å². The molecule has 35 heavy (non-hydrogen) atoms. The molecular weight excluding hydrogens is 480 g/mol. The monoisotopic (exact) mass is 512 g/mol. The van der Waals surface area contributed by atoms with Crippen molar-refractivity contribution in [1.29, 1.82) is 0 Å². The molecule has 1 amide bonds. The summed E-state index contributed by atoms with van der Waals surface area (Å²) in [6, 6.07) is 14.7. The third kappa shape index (κ3) is 4.42. The third-order valence-corrected chi connectivity index (χ3v) is 11.1. The summed E-state index contributed by atoms with van der Waals surface area (Å²) in [7, 11) is -3.65. The van der Waals surface area contributed by atoms with Crippen molar-refractivity contribution in [3.05, 3.63) is 59.1 Å². The van der Waals surface area contributed by atoms with Gasteiger partial charge in [-0.1, -0.05) is 23.7 Å². The molecule has 0 spiro atoms. The number of amides is 1. The topological polar surface area (TPSA) is 66.5 Å². The number of sulfonamides is 1. The number of piperidine rings is 1. The molecule has 5 fully saturated rings. The second-order valence-electron chi connectivity index (χ2n) is 11.4. The molecule has 1 heterocycles. The zero-order valence-corrected chi connectivity index (χ0v) is 21.5. The van der Waals surface area contributed by atoms with Gasteiger partial charge in [-0.3, -0.25) is 4.79 Å². The molecule has 5 aliphatic rings. The van der Waals surface area contributed by atoms with Gasteiger partial charge in [0.15, 0.2) is 0 Å². The average Bonchev–Trinajstić information content (AvgIpc) is 2.84. The van der Waals surface area contributed by atoms with Crippen LogP contribution in [0.1, 0.15) is 56.9 Å². The number of carbonyl (C=O) groups is 1. The Morgan fingerprint density at radius 2 is 1.51 bits per heavy atom. The summed E-state index contributed by atoms with van der Waals surface area (Å²) in [6.45, 7) is 0.622. The summed E-state index contributed by atoms with van der Waals surface area (Å²) in [5, 5.41) is 3.55. The fourth-order valence-corrected chi connectivity index (χ4v) is 9.40. The lowest BCUT2D eigenvalue weighted by Gasteiger charge is -2.57. The van der Waals surface area contributed by atoms with Crippen LogP contribution in [0.4, 0.5) is 5.69 Å². The van der Waals surface area contributed by atoms with Crippen LogP contribution >= 0.6 is 11.6 Å². The van der Waals surface area contributed by atoms with E-state index in [1.165, 1.54) is 60.5 Å². The Balaban J connectivity index is 1.12. The minimum absolute atomic E-state index is 0.108. The fourth-order valence-electron chi connectivity index (χ4n) is 7.75. The van der Waals surface area contributed by atoms with Gasteiger partial charge < -0.3 is 5.32 Å². The van der Waals surface area contributed by atoms with Crippen molar-refractivity contribution < 1.29 is 13.2 Å². The molecule has 1 saturated heterocycles. The smallest absolute Gasteiger partial charge is 0.243 e. The Labute approximate surface area is 213 Å². The van der Waals surface area contributed by atoms with E-state index < -0.39 is 10.0 Å². The Morgan fingerprint density at radius 1 is 0.914 bits per heavy atom. The van der Waals surface area contributed by atoms with Gasteiger partial charge in [-0.2, -0.15) is 4.31 Å². The zero-order valence-electron chi connectivity index (χ0n) is 20.0. The number of rotatable bonds is 5. The first-order valence-electron chi connectivity index (χ1n) is 13.0. The Kier molecular flexibility index (Phi) is 5.97. The maximum Gasteiger partial charge on any atom is 0.243 e. The molecule has 0 radical (unpaired) electrons. The molecule has 1 unspecified atom stereocenters. The molecular formula is C28H33ClN2O3S. The van der Waals surface area contributed by atoms with E-state index in [-0.39, 0.29) is 23.3 Å². The number of hydrogen-bond acceptors (Lipinski definition) is 3. The van der Waals surface area contributed by atoms with E-state index in [4.69, 9.17) is 11.6 Å². The second kappa shape index (κ2) is 8.89. The molecule has 186 valence electrons. The molecule has 7 rings (SSSR count). The van der Waals surface area contributed by atoms with Crippen LogP contribution in [0.15, 0.2) is 53.4 Å². The van der Waals surface area contributed by atoms with Crippen LogP contribution in [0.3, 0.4) is 0 Å². The van der Waals surface area contributed by atoms with E-state index in [1.807, 2.05) is 12.1 Å². The summed E-state index contributed by atoms with van der Waals surface area (Å²) < 4.78 is 27.6. The van der Waals surface area contributed by atoms with Crippen molar-refractivity contribution in [2.24, 2.45) is 23.7 Å². The summed E-state index contributed by atoms with van der Waals surface area (Å²) in [4.78, 5) is 13.3. The van der Waals surface area contributed by atoms with Gasteiger partial charge in [-0.15, -0.1) is 0 Å². The average molecular weight is 513 g/mol. The van der Waals surface area contributed by atoms with Crippen LogP contribution < -0.4 is 5.32 Å². The highest BCUT2D eigenvalue weighted by atomic mass is 35.5. The van der Waals surface area contributed by atoms with Crippen molar-refractivity contribution in [2.45, 2.75) is 61.7 Å². The standard InChI is InChI=1S/C28H33ClN2O3S/c29-24-5-9-26(10-6-24)35(33,34)31-11-1-2-22(18-31)27(32)30-25-7-3-23(4-8-25)28-15-19-12-20(16-28)14-21(13-19)17-28/h3-10,19-22H,1-2,11-18H2,(H,30,32). The highest BCUT2D eigenvalue weighted by Crippen LogP contribution is 2.60. The van der Waals surface area contributed by atoms with E-state index in [9.17, 15) is 13.2 Å². The lowest BCUT2D eigenvalue weighted by molar-refractivity contribution is -0.120. The van der Waals surface area contributed by atoms with Crippen molar-refractivity contribution in [3.63, 3.8) is 0 Å². The molecule has 1 aliphatic heterocycles. The van der Waals surface area contributed by atoms with Gasteiger partial charge in [0.05, 0.1) is 10.8 Å². The van der Waals surface area contributed by atoms with Gasteiger partial charge in [0.2, 0.25) is 15.9 Å². The number of halogens is 1. The Bertz CT molecular complexity index is 1170. The maximum absolute atomic E-state index is 13.1. The maximum atomic E-state index is 13.1. The molecule has 4 bridgehead atoms. The fraction of sp³-hybridized carbons (Fsp3) is 0.536. The molecule has 5 nitrogen and oxygen atoms in total. The molecule has 0 aromatic heterocycles. The van der Waals surface area contributed by atoms with Gasteiger partial charge in [0.25, 0.3) is 0 Å². The highest BCUT2D eigenvalue weighted by Gasteiger charge is 2.51. The van der Waals surface area contributed by atoms with Crippen LogP contribution in [0.2, 0.25) is 5.02 Å². The number of hydrogen-bond donors (Lipinski definition) is 1. The van der Waals surface area contributed by atoms with Crippen molar-refractivity contribution in [3.8, 4) is 0 Å². The first-order chi connectivity index (χ1) is 16.8. The molecule has 4 aliphatic carbocycles. The van der Waals surface area contributed by atoms with E-state index in [0.29, 0.717) is 29.8 Å². The Hall–Kier alpha value is -1.89. The van der Waals surface area contributed by atoms with Crippen LogP contribution in [-0.4, -0.2) is 31.7 Å². The van der Waals surface area contributed by atoms with Crippen LogP contribution in [0.5, 0.6) is 0 Å². The number of anilines is 1. The highest BCUT2D eigenvalue weighted by molar-refractivity contribution is 7.89. The predicted octanol–water partition coefficient (Wildman–Crippen LogP) is 5.85. The summed E-state index contributed by atoms with van der Waals surface area (Å²) >= 11 is 5.92. The van der Waals surface area contributed by atoms with Crippen molar-refractivity contribution in [2.75, 3.05) is 18.4 Å². The summed E-state index contributed by atoms with van der Waals surface area (Å²) in [5.74, 6) is 2.23. The molecule has 4 saturated carbocycles. The number of benzene rings is 2. The first-order valence-corrected chi connectivity index (χ1v) is 14.8. The molecule has 2 aromatic carbocycles. The summed E-state index contributed by atoms with van der Waals surface area (Å²) in [5.41, 5.74) is 2.57. The lowest BCUT2D eigenvalue weighted by Crippen LogP contribution is -2.48. The predicted molar refractivity (Wildman–Crippen MR) is 138 cm³/mol. The van der Waals surface area contributed by atoms with Crippen LogP contribution in [0.25, 0.3) is 0 Å². The SMILES string of the molecule is O=C(Nc1ccc(C23CC4CC(CC(C4)C2)C3)cc1)C1CCCN(S(=O)(=O)c2ccc(Cl)cc2)C1. The number of nitrogens with one attached hydrogen (secondary N) is 1. The lowest BCUT2D eigenvalue weighted by atomic mass is 9.48. The first kappa shape index (κ1) is 23.5. The van der Waals surface area contributed by atoms with Gasteiger partial charge in [-0.05, 0) is 116 Å². The van der Waals surface area contributed by atoms with Crippen LogP contribution in [-0.2, 0) is 20.2 Å². The minimum Gasteiger partial charge on any atom is -0.326 e. The van der Waals surface area contributed by atoms with Gasteiger partial charge >= 0.3 is 0 Å². The van der Waals surface area contributed by atoms with E-state index >= 15 is 0 Å². The number of nitrogens with zero attached hydrogens (tertiary/aromatic N) is 1. The molecule has 7 heteroatoms. The van der Waals surface area contributed by atoms with E-state index in [1.54, 1.807) is 12.1 Å². The van der Waals surface area contributed by atoms with Gasteiger partial charge in [-0.25, -0.2) is 8.42 Å². The van der Waals surface area contributed by atoms with E-state index in [2.05, 4.69) is 17.4 Å². The zero-order chi connectivity index (χ0) is 24.2.